The average molecular weight is 374 g/mol. The fraction of sp³-hybridized carbons (Fsp3) is 0.938. The Bertz CT molecular complexity index is 548. The maximum atomic E-state index is 12.7. The second-order valence-electron chi connectivity index (χ2n) is 7.43. The molecule has 0 atom stereocenters. The van der Waals surface area contributed by atoms with Crippen molar-refractivity contribution in [2.75, 3.05) is 66.0 Å². The summed E-state index contributed by atoms with van der Waals surface area (Å²) in [5, 5.41) is 3.10. The molecule has 144 valence electrons. The zero-order valence-electron chi connectivity index (χ0n) is 15.2. The minimum absolute atomic E-state index is 0.0716. The number of hydrogen-bond acceptors (Lipinski definition) is 5. The number of nitrogens with one attached hydrogen (secondary N) is 1. The number of carbonyl (C=O) groups is 1. The van der Waals surface area contributed by atoms with Crippen LogP contribution in [0.1, 0.15) is 25.7 Å². The Kier molecular flexibility index (Phi) is 6.32. The third-order valence-electron chi connectivity index (χ3n) is 5.53. The van der Waals surface area contributed by atoms with E-state index in [0.29, 0.717) is 51.9 Å². The van der Waals surface area contributed by atoms with E-state index in [0.717, 1.165) is 25.9 Å². The molecule has 0 spiro atoms. The highest BCUT2D eigenvalue weighted by Crippen LogP contribution is 2.18. The van der Waals surface area contributed by atoms with Crippen LogP contribution in [0, 0.1) is 0 Å². The molecule has 1 saturated carbocycles. The van der Waals surface area contributed by atoms with Crippen LogP contribution < -0.4 is 5.32 Å². The Morgan fingerprint density at radius 2 is 1.44 bits per heavy atom. The maximum absolute atomic E-state index is 12.7. The largest absolute Gasteiger partial charge is 0.352 e. The van der Waals surface area contributed by atoms with Gasteiger partial charge in [-0.1, -0.05) is 12.8 Å². The van der Waals surface area contributed by atoms with Crippen molar-refractivity contribution < 1.29 is 13.2 Å². The number of carbonyl (C=O) groups excluding carboxylic acids is 1. The highest BCUT2D eigenvalue weighted by molar-refractivity contribution is 7.86. The Morgan fingerprint density at radius 3 is 2.00 bits per heavy atom. The van der Waals surface area contributed by atoms with E-state index in [4.69, 9.17) is 0 Å². The molecule has 1 amide bonds. The first-order valence-electron chi connectivity index (χ1n) is 9.40. The molecule has 1 aliphatic carbocycles. The lowest BCUT2D eigenvalue weighted by Crippen LogP contribution is -2.57. The summed E-state index contributed by atoms with van der Waals surface area (Å²) in [6.45, 7) is 5.21. The topological polar surface area (TPSA) is 76.2 Å². The second kappa shape index (κ2) is 8.30. The van der Waals surface area contributed by atoms with Gasteiger partial charge in [0.15, 0.2) is 0 Å². The molecule has 1 N–H and O–H groups in total. The number of nitrogens with zero attached hydrogens (tertiary/aromatic N) is 4. The third-order valence-corrected chi connectivity index (χ3v) is 7.57. The van der Waals surface area contributed by atoms with E-state index in [1.807, 2.05) is 7.05 Å². The predicted octanol–water partition coefficient (Wildman–Crippen LogP) is -0.845. The lowest BCUT2D eigenvalue weighted by molar-refractivity contribution is -0.123. The minimum atomic E-state index is -3.37. The first-order valence-corrected chi connectivity index (χ1v) is 10.8. The van der Waals surface area contributed by atoms with Crippen LogP contribution in [0.5, 0.6) is 0 Å². The summed E-state index contributed by atoms with van der Waals surface area (Å²) < 4.78 is 28.6. The van der Waals surface area contributed by atoms with Crippen molar-refractivity contribution in [3.8, 4) is 0 Å². The predicted molar refractivity (Wildman–Crippen MR) is 96.4 cm³/mol. The lowest BCUT2D eigenvalue weighted by atomic mass is 10.2. The summed E-state index contributed by atoms with van der Waals surface area (Å²) >= 11 is 0. The van der Waals surface area contributed by atoms with Gasteiger partial charge >= 0.3 is 0 Å². The monoisotopic (exact) mass is 373 g/mol. The van der Waals surface area contributed by atoms with Crippen LogP contribution in [0.4, 0.5) is 0 Å². The Morgan fingerprint density at radius 1 is 0.920 bits per heavy atom. The van der Waals surface area contributed by atoms with E-state index in [-0.39, 0.29) is 5.91 Å². The molecule has 0 unspecified atom stereocenters. The van der Waals surface area contributed by atoms with Crippen LogP contribution in [-0.4, -0.2) is 105 Å². The molecule has 3 aliphatic rings. The van der Waals surface area contributed by atoms with Crippen molar-refractivity contribution in [2.24, 2.45) is 0 Å². The van der Waals surface area contributed by atoms with Crippen LogP contribution in [-0.2, 0) is 15.0 Å². The van der Waals surface area contributed by atoms with Crippen molar-refractivity contribution in [2.45, 2.75) is 31.7 Å². The molecule has 25 heavy (non-hydrogen) atoms. The molecule has 2 heterocycles. The van der Waals surface area contributed by atoms with E-state index >= 15 is 0 Å². The SMILES string of the molecule is CN1CCN(S(=O)(=O)N2CCN(CC(=O)NC3CCCC3)CC2)CC1. The summed E-state index contributed by atoms with van der Waals surface area (Å²) in [6.07, 6.45) is 4.58. The van der Waals surface area contributed by atoms with Gasteiger partial charge in [-0.2, -0.15) is 17.0 Å². The van der Waals surface area contributed by atoms with Gasteiger partial charge in [0.1, 0.15) is 0 Å². The molecule has 0 aromatic rings. The molecular weight excluding hydrogens is 342 g/mol. The summed E-state index contributed by atoms with van der Waals surface area (Å²) in [7, 11) is -1.35. The molecular formula is C16H31N5O3S. The number of likely N-dealkylation sites (N-methyl/N-ethyl adjacent to an activating group) is 1. The zero-order valence-corrected chi connectivity index (χ0v) is 16.0. The van der Waals surface area contributed by atoms with Gasteiger partial charge in [0.05, 0.1) is 6.54 Å². The van der Waals surface area contributed by atoms with Crippen LogP contribution in [0.25, 0.3) is 0 Å². The highest BCUT2D eigenvalue weighted by Gasteiger charge is 2.34. The smallest absolute Gasteiger partial charge is 0.282 e. The molecule has 9 heteroatoms. The van der Waals surface area contributed by atoms with E-state index in [9.17, 15) is 13.2 Å². The minimum Gasteiger partial charge on any atom is -0.352 e. The van der Waals surface area contributed by atoms with E-state index in [1.165, 1.54) is 12.8 Å². The van der Waals surface area contributed by atoms with Gasteiger partial charge in [0.2, 0.25) is 5.91 Å². The van der Waals surface area contributed by atoms with Crippen molar-refractivity contribution in [3.05, 3.63) is 0 Å². The van der Waals surface area contributed by atoms with E-state index in [1.54, 1.807) is 8.61 Å². The Hall–Kier alpha value is -0.740. The van der Waals surface area contributed by atoms with Crippen LogP contribution >= 0.6 is 0 Å². The second-order valence-corrected chi connectivity index (χ2v) is 9.36. The van der Waals surface area contributed by atoms with Crippen molar-refractivity contribution in [3.63, 3.8) is 0 Å². The summed E-state index contributed by atoms with van der Waals surface area (Å²) in [5.41, 5.74) is 0. The van der Waals surface area contributed by atoms with Gasteiger partial charge < -0.3 is 10.2 Å². The average Bonchev–Trinajstić information content (AvgIpc) is 3.08. The molecule has 2 saturated heterocycles. The Labute approximate surface area is 151 Å². The molecule has 0 aromatic heterocycles. The van der Waals surface area contributed by atoms with Gasteiger partial charge in [-0.3, -0.25) is 9.69 Å². The number of rotatable bonds is 5. The molecule has 0 aromatic carbocycles. The van der Waals surface area contributed by atoms with Crippen molar-refractivity contribution in [1.29, 1.82) is 0 Å². The summed E-state index contributed by atoms with van der Waals surface area (Å²) in [4.78, 5) is 16.3. The fourth-order valence-electron chi connectivity index (χ4n) is 3.85. The standard InChI is InChI=1S/C16H31N5O3S/c1-18-6-10-20(11-7-18)25(23,24)21-12-8-19(9-13-21)14-16(22)17-15-4-2-3-5-15/h15H,2-14H2,1H3,(H,17,22). The summed E-state index contributed by atoms with van der Waals surface area (Å²) in [6, 6.07) is 0.339. The Balaban J connectivity index is 1.44. The van der Waals surface area contributed by atoms with Crippen LogP contribution in [0.15, 0.2) is 0 Å². The van der Waals surface area contributed by atoms with Crippen LogP contribution in [0.3, 0.4) is 0 Å². The van der Waals surface area contributed by atoms with Gasteiger partial charge in [-0.25, -0.2) is 0 Å². The quantitative estimate of drug-likeness (QED) is 0.680. The lowest BCUT2D eigenvalue weighted by Gasteiger charge is -2.38. The zero-order chi connectivity index (χ0) is 17.9. The first-order chi connectivity index (χ1) is 11.9. The molecule has 3 rings (SSSR count). The van der Waals surface area contributed by atoms with Gasteiger partial charge in [-0.05, 0) is 19.9 Å². The van der Waals surface area contributed by atoms with Gasteiger partial charge in [0.25, 0.3) is 10.2 Å². The number of hydrogen-bond donors (Lipinski definition) is 1. The molecule has 2 aliphatic heterocycles. The van der Waals surface area contributed by atoms with Crippen LogP contribution in [0.2, 0.25) is 0 Å². The number of piperazine rings is 2. The van der Waals surface area contributed by atoms with E-state index < -0.39 is 10.2 Å². The molecule has 0 bridgehead atoms. The maximum Gasteiger partial charge on any atom is 0.282 e. The highest BCUT2D eigenvalue weighted by atomic mass is 32.2. The molecule has 3 fully saturated rings. The van der Waals surface area contributed by atoms with Gasteiger partial charge in [-0.15, -0.1) is 0 Å². The fourth-order valence-corrected chi connectivity index (χ4v) is 5.42. The first kappa shape index (κ1) is 19.0. The third kappa shape index (κ3) is 4.91. The molecule has 8 nitrogen and oxygen atoms in total. The van der Waals surface area contributed by atoms with Crippen molar-refractivity contribution >= 4 is 16.1 Å². The normalized spacial score (nSPS) is 26.1. The number of amides is 1. The summed E-state index contributed by atoms with van der Waals surface area (Å²) in [5.74, 6) is 0.0716. The van der Waals surface area contributed by atoms with E-state index in [2.05, 4.69) is 15.1 Å². The molecule has 0 radical (unpaired) electrons. The van der Waals surface area contributed by atoms with Gasteiger partial charge in [0, 0.05) is 58.4 Å². The van der Waals surface area contributed by atoms with Crippen molar-refractivity contribution in [1.82, 2.24) is 23.7 Å².